The third-order valence-electron chi connectivity index (χ3n) is 4.50. The summed E-state index contributed by atoms with van der Waals surface area (Å²) < 4.78 is 17.1. The molecule has 0 spiro atoms. The Balaban J connectivity index is 1.70. The van der Waals surface area contributed by atoms with Gasteiger partial charge in [0.1, 0.15) is 30.3 Å². The Hall–Kier alpha value is -3.31. The van der Waals surface area contributed by atoms with Gasteiger partial charge in [-0.2, -0.15) is 0 Å². The molecule has 5 heteroatoms. The molecule has 1 atom stereocenters. The Morgan fingerprint density at radius 3 is 2.07 bits per heavy atom. The minimum atomic E-state index is -0.491. The van der Waals surface area contributed by atoms with Gasteiger partial charge in [-0.25, -0.2) is 4.79 Å². The van der Waals surface area contributed by atoms with Crippen molar-refractivity contribution in [1.29, 1.82) is 0 Å². The van der Waals surface area contributed by atoms with Crippen LogP contribution in [0.2, 0.25) is 0 Å². The number of esters is 1. The Kier molecular flexibility index (Phi) is 7.86. The Labute approximate surface area is 177 Å². The van der Waals surface area contributed by atoms with Crippen LogP contribution in [0.25, 0.3) is 0 Å². The van der Waals surface area contributed by atoms with Crippen LogP contribution in [-0.2, 0) is 17.8 Å². The molecule has 0 aliphatic heterocycles. The Morgan fingerprint density at radius 2 is 1.43 bits per heavy atom. The molecule has 156 valence electrons. The first kappa shape index (κ1) is 21.4. The monoisotopic (exact) mass is 405 g/mol. The van der Waals surface area contributed by atoms with Crippen LogP contribution in [0.5, 0.6) is 11.5 Å². The zero-order valence-corrected chi connectivity index (χ0v) is 17.1. The second-order valence-corrected chi connectivity index (χ2v) is 6.88. The van der Waals surface area contributed by atoms with E-state index in [4.69, 9.17) is 19.9 Å². The molecule has 0 bridgehead atoms. The van der Waals surface area contributed by atoms with Crippen LogP contribution in [-0.4, -0.2) is 25.2 Å². The third kappa shape index (κ3) is 6.09. The predicted molar refractivity (Wildman–Crippen MR) is 117 cm³/mol. The Morgan fingerprint density at radius 1 is 0.833 bits per heavy atom. The lowest BCUT2D eigenvalue weighted by Crippen LogP contribution is -2.30. The van der Waals surface area contributed by atoms with Gasteiger partial charge in [-0.05, 0) is 36.6 Å². The van der Waals surface area contributed by atoms with Crippen molar-refractivity contribution >= 4 is 5.97 Å². The molecule has 0 aromatic heterocycles. The second kappa shape index (κ2) is 11.0. The lowest BCUT2D eigenvalue weighted by atomic mass is 10.1. The van der Waals surface area contributed by atoms with Crippen LogP contribution in [0.1, 0.15) is 28.4 Å². The molecule has 30 heavy (non-hydrogen) atoms. The maximum absolute atomic E-state index is 12.9. The van der Waals surface area contributed by atoms with E-state index in [-0.39, 0.29) is 24.8 Å². The molecule has 3 aromatic rings. The van der Waals surface area contributed by atoms with Gasteiger partial charge in [-0.1, -0.05) is 66.7 Å². The van der Waals surface area contributed by atoms with Crippen molar-refractivity contribution in [3.05, 3.63) is 95.6 Å². The first-order valence-electron chi connectivity index (χ1n) is 10.1. The molecule has 0 saturated carbocycles. The number of nitrogens with two attached hydrogens (primary N) is 1. The van der Waals surface area contributed by atoms with Gasteiger partial charge in [-0.3, -0.25) is 0 Å². The minimum absolute atomic E-state index is 0.174. The molecule has 3 rings (SSSR count). The average Bonchev–Trinajstić information content (AvgIpc) is 2.78. The van der Waals surface area contributed by atoms with E-state index in [1.165, 1.54) is 0 Å². The van der Waals surface area contributed by atoms with E-state index in [9.17, 15) is 4.79 Å². The van der Waals surface area contributed by atoms with Crippen LogP contribution in [0, 0.1) is 0 Å². The summed E-state index contributed by atoms with van der Waals surface area (Å²) in [7, 11) is 0. The molecule has 0 aliphatic carbocycles. The van der Waals surface area contributed by atoms with E-state index in [2.05, 4.69) is 0 Å². The zero-order valence-electron chi connectivity index (χ0n) is 17.1. The van der Waals surface area contributed by atoms with Crippen LogP contribution in [0.3, 0.4) is 0 Å². The number of benzene rings is 3. The quantitative estimate of drug-likeness (QED) is 0.507. The van der Waals surface area contributed by atoms with Gasteiger partial charge in [0.15, 0.2) is 0 Å². The number of rotatable bonds is 10. The van der Waals surface area contributed by atoms with E-state index in [0.29, 0.717) is 24.5 Å². The van der Waals surface area contributed by atoms with E-state index in [1.54, 1.807) is 18.2 Å². The Bertz CT molecular complexity index is 928. The van der Waals surface area contributed by atoms with Gasteiger partial charge in [0.05, 0.1) is 6.61 Å². The molecule has 0 heterocycles. The largest absolute Gasteiger partial charge is 0.493 e. The average molecular weight is 405 g/mol. The summed E-state index contributed by atoms with van der Waals surface area (Å²) in [6.45, 7) is 2.73. The summed E-state index contributed by atoms with van der Waals surface area (Å²) in [4.78, 5) is 12.9. The van der Waals surface area contributed by atoms with E-state index in [0.717, 1.165) is 11.1 Å². The van der Waals surface area contributed by atoms with Crippen LogP contribution in [0.4, 0.5) is 0 Å². The van der Waals surface area contributed by atoms with Crippen molar-refractivity contribution in [3.8, 4) is 11.5 Å². The standard InChI is InChI=1S/C25H27NO4/c1-2-28-22-14-9-15-23(29-18-21(26)16-19-10-5-3-6-11-19)24(22)25(27)30-17-20-12-7-4-8-13-20/h3-15,21H,2,16-18,26H2,1H3. The summed E-state index contributed by atoms with van der Waals surface area (Å²) >= 11 is 0. The van der Waals surface area contributed by atoms with E-state index < -0.39 is 5.97 Å². The fourth-order valence-corrected chi connectivity index (χ4v) is 3.08. The SMILES string of the molecule is CCOc1cccc(OCC(N)Cc2ccccc2)c1C(=O)OCc1ccccc1. The minimum Gasteiger partial charge on any atom is -0.493 e. The maximum Gasteiger partial charge on any atom is 0.346 e. The van der Waals surface area contributed by atoms with Crippen molar-refractivity contribution in [3.63, 3.8) is 0 Å². The summed E-state index contributed by atoms with van der Waals surface area (Å²) in [6.07, 6.45) is 0.680. The van der Waals surface area contributed by atoms with E-state index in [1.807, 2.05) is 67.6 Å². The summed E-state index contributed by atoms with van der Waals surface area (Å²) in [6, 6.07) is 24.6. The highest BCUT2D eigenvalue weighted by Crippen LogP contribution is 2.30. The summed E-state index contributed by atoms with van der Waals surface area (Å²) in [5.41, 5.74) is 8.57. The number of carbonyl (C=O) groups is 1. The zero-order chi connectivity index (χ0) is 21.2. The molecule has 2 N–H and O–H groups in total. The van der Waals surface area contributed by atoms with Gasteiger partial charge < -0.3 is 19.9 Å². The number of ether oxygens (including phenoxy) is 3. The van der Waals surface area contributed by atoms with Crippen LogP contribution < -0.4 is 15.2 Å². The highest BCUT2D eigenvalue weighted by molar-refractivity contribution is 5.95. The normalized spacial score (nSPS) is 11.5. The fraction of sp³-hybridized carbons (Fsp3) is 0.240. The fourth-order valence-electron chi connectivity index (χ4n) is 3.08. The second-order valence-electron chi connectivity index (χ2n) is 6.88. The number of hydrogen-bond donors (Lipinski definition) is 1. The first-order chi connectivity index (χ1) is 14.7. The summed E-state index contributed by atoms with van der Waals surface area (Å²) in [5, 5.41) is 0. The molecule has 0 aliphatic rings. The molecule has 0 saturated heterocycles. The van der Waals surface area contributed by atoms with Gasteiger partial charge in [-0.15, -0.1) is 0 Å². The molecule has 0 radical (unpaired) electrons. The topological polar surface area (TPSA) is 70.8 Å². The molecule has 0 fully saturated rings. The third-order valence-corrected chi connectivity index (χ3v) is 4.50. The number of hydrogen-bond acceptors (Lipinski definition) is 5. The van der Waals surface area contributed by atoms with Gasteiger partial charge in [0.25, 0.3) is 0 Å². The van der Waals surface area contributed by atoms with Crippen LogP contribution >= 0.6 is 0 Å². The smallest absolute Gasteiger partial charge is 0.346 e. The number of carbonyl (C=O) groups excluding carboxylic acids is 1. The molecule has 0 amide bonds. The molecular weight excluding hydrogens is 378 g/mol. The van der Waals surface area contributed by atoms with Gasteiger partial charge in [0.2, 0.25) is 0 Å². The van der Waals surface area contributed by atoms with Gasteiger partial charge in [0, 0.05) is 6.04 Å². The highest BCUT2D eigenvalue weighted by Gasteiger charge is 2.21. The molecule has 1 unspecified atom stereocenters. The molecule has 3 aromatic carbocycles. The van der Waals surface area contributed by atoms with Gasteiger partial charge >= 0.3 is 5.97 Å². The summed E-state index contributed by atoms with van der Waals surface area (Å²) in [5.74, 6) is 0.349. The molecule has 5 nitrogen and oxygen atoms in total. The van der Waals surface area contributed by atoms with E-state index >= 15 is 0 Å². The first-order valence-corrected chi connectivity index (χ1v) is 10.1. The van der Waals surface area contributed by atoms with Crippen molar-refractivity contribution in [2.45, 2.75) is 26.0 Å². The predicted octanol–water partition coefficient (Wildman–Crippen LogP) is 4.39. The van der Waals surface area contributed by atoms with Crippen LogP contribution in [0.15, 0.2) is 78.9 Å². The lowest BCUT2D eigenvalue weighted by Gasteiger charge is -2.17. The maximum atomic E-state index is 12.9. The van der Waals surface area contributed by atoms with Crippen molar-refractivity contribution < 1.29 is 19.0 Å². The van der Waals surface area contributed by atoms with Crippen molar-refractivity contribution in [2.75, 3.05) is 13.2 Å². The molecular formula is C25H27NO4. The van der Waals surface area contributed by atoms with Crippen molar-refractivity contribution in [2.24, 2.45) is 5.73 Å². The lowest BCUT2D eigenvalue weighted by molar-refractivity contribution is 0.0463. The highest BCUT2D eigenvalue weighted by atomic mass is 16.5. The van der Waals surface area contributed by atoms with Crippen molar-refractivity contribution in [1.82, 2.24) is 0 Å².